The lowest BCUT2D eigenvalue weighted by atomic mass is 9.71. The molecule has 0 saturated heterocycles. The summed E-state index contributed by atoms with van der Waals surface area (Å²) in [5.41, 5.74) is 2.70. The number of carboxylic acid groups (broad SMARTS) is 2. The van der Waals surface area contributed by atoms with E-state index in [-0.39, 0.29) is 35.8 Å². The molecule has 2 aromatic carbocycles. The van der Waals surface area contributed by atoms with Gasteiger partial charge in [0, 0.05) is 23.0 Å². The zero-order valence-corrected chi connectivity index (χ0v) is 14.7. The van der Waals surface area contributed by atoms with Gasteiger partial charge < -0.3 is 10.2 Å². The molecule has 28 heavy (non-hydrogen) atoms. The molecule has 0 amide bonds. The van der Waals surface area contributed by atoms with Gasteiger partial charge in [-0.25, -0.2) is 19.2 Å². The number of hydrogen-bond acceptors (Lipinski definition) is 4. The zero-order valence-electron chi connectivity index (χ0n) is 14.7. The highest BCUT2D eigenvalue weighted by molar-refractivity contribution is 5.88. The fourth-order valence-corrected chi connectivity index (χ4v) is 3.55. The summed E-state index contributed by atoms with van der Waals surface area (Å²) in [6, 6.07) is 12.4. The molecule has 1 fully saturated rings. The molecule has 0 bridgehead atoms. The Morgan fingerprint density at radius 1 is 0.679 bits per heavy atom. The van der Waals surface area contributed by atoms with Crippen molar-refractivity contribution in [2.75, 3.05) is 0 Å². The van der Waals surface area contributed by atoms with Crippen LogP contribution in [0.5, 0.6) is 0 Å². The Bertz CT molecular complexity index is 934. The van der Waals surface area contributed by atoms with Gasteiger partial charge in [-0.15, -0.1) is 0 Å². The average Bonchev–Trinajstić information content (AvgIpc) is 2.72. The minimum atomic E-state index is -1.04. The van der Waals surface area contributed by atoms with Crippen LogP contribution < -0.4 is 0 Å². The van der Waals surface area contributed by atoms with E-state index in [2.05, 4.69) is 0 Å². The van der Waals surface area contributed by atoms with Crippen LogP contribution in [0, 0.1) is 0 Å². The number of carbonyl (C=O) groups is 2. The molecule has 0 aromatic heterocycles. The third kappa shape index (κ3) is 3.69. The van der Waals surface area contributed by atoms with E-state index >= 15 is 0 Å². The number of aromatic carboxylic acids is 2. The Labute approximate surface area is 160 Å². The Morgan fingerprint density at radius 3 is 1.25 bits per heavy atom. The second kappa shape index (κ2) is 7.89. The first-order valence-electron chi connectivity index (χ1n) is 8.58. The average molecular weight is 376 g/mol. The minimum absolute atomic E-state index is 0.138. The number of carboxylic acids is 2. The Balaban J connectivity index is 1.92. The van der Waals surface area contributed by atoms with Crippen LogP contribution in [0.3, 0.4) is 0 Å². The van der Waals surface area contributed by atoms with Gasteiger partial charge in [0.05, 0.1) is 11.1 Å². The standard InChI is InChI=1S/C22H16O6/c23-11-17-10-20(14-3-7-16(8-4-14)22(27)28)18(12-24)9-19(17)13-1-5-15(6-2-13)21(25)26/h1-8,19-20H,9-10H2,(H,25,26)(H,27,28). The van der Waals surface area contributed by atoms with E-state index in [1.54, 1.807) is 24.3 Å². The van der Waals surface area contributed by atoms with Crippen molar-refractivity contribution in [3.63, 3.8) is 0 Å². The minimum Gasteiger partial charge on any atom is -0.478 e. The topological polar surface area (TPSA) is 109 Å². The quantitative estimate of drug-likeness (QED) is 0.793. The molecule has 140 valence electrons. The third-order valence-corrected chi connectivity index (χ3v) is 5.07. The molecule has 0 heterocycles. The Kier molecular flexibility index (Phi) is 5.37. The molecule has 0 radical (unpaired) electrons. The van der Waals surface area contributed by atoms with Crippen LogP contribution in [-0.2, 0) is 9.59 Å². The molecule has 1 aliphatic carbocycles. The van der Waals surface area contributed by atoms with E-state index in [0.717, 1.165) is 11.1 Å². The largest absolute Gasteiger partial charge is 0.478 e. The number of rotatable bonds is 4. The number of carbonyl (C=O) groups excluding carboxylic acids is 2. The Morgan fingerprint density at radius 2 is 1.00 bits per heavy atom. The summed E-state index contributed by atoms with van der Waals surface area (Å²) in [6.07, 6.45) is 0.539. The van der Waals surface area contributed by atoms with E-state index in [1.165, 1.54) is 24.3 Å². The van der Waals surface area contributed by atoms with Gasteiger partial charge in [0.25, 0.3) is 0 Å². The Hall–Kier alpha value is -3.72. The molecule has 1 saturated carbocycles. The van der Waals surface area contributed by atoms with Crippen LogP contribution in [0.25, 0.3) is 0 Å². The molecule has 3 rings (SSSR count). The van der Waals surface area contributed by atoms with E-state index < -0.39 is 11.9 Å². The highest BCUT2D eigenvalue weighted by Crippen LogP contribution is 2.45. The summed E-state index contributed by atoms with van der Waals surface area (Å²) in [5, 5.41) is 18.0. The van der Waals surface area contributed by atoms with Crippen molar-refractivity contribution in [1.29, 1.82) is 0 Å². The summed E-state index contributed by atoms with van der Waals surface area (Å²) in [7, 11) is 0. The van der Waals surface area contributed by atoms with Crippen molar-refractivity contribution in [3.05, 3.63) is 81.9 Å². The normalized spacial score (nSPS) is 18.9. The molecular formula is C22H16O6. The SMILES string of the molecule is O=C=C1CC(c2ccc(C(=O)O)cc2)C(=C=O)CC1c1ccc(C(=O)O)cc1. The molecule has 6 nitrogen and oxygen atoms in total. The van der Waals surface area contributed by atoms with Crippen molar-refractivity contribution < 1.29 is 29.4 Å². The summed E-state index contributed by atoms with van der Waals surface area (Å²) < 4.78 is 0. The zero-order chi connectivity index (χ0) is 20.3. The number of benzene rings is 2. The highest BCUT2D eigenvalue weighted by atomic mass is 16.4. The van der Waals surface area contributed by atoms with Crippen molar-refractivity contribution in [2.24, 2.45) is 0 Å². The van der Waals surface area contributed by atoms with E-state index in [0.29, 0.717) is 11.1 Å². The van der Waals surface area contributed by atoms with Crippen molar-refractivity contribution in [3.8, 4) is 0 Å². The maximum Gasteiger partial charge on any atom is 0.335 e. The number of allylic oxidation sites excluding steroid dienone is 2. The van der Waals surface area contributed by atoms with Crippen LogP contribution in [0.15, 0.2) is 59.7 Å². The van der Waals surface area contributed by atoms with E-state index in [1.807, 2.05) is 11.9 Å². The van der Waals surface area contributed by atoms with Gasteiger partial charge in [-0.2, -0.15) is 0 Å². The van der Waals surface area contributed by atoms with Crippen LogP contribution in [-0.4, -0.2) is 34.0 Å². The van der Waals surface area contributed by atoms with Crippen molar-refractivity contribution in [2.45, 2.75) is 24.7 Å². The third-order valence-electron chi connectivity index (χ3n) is 5.07. The molecule has 2 aromatic rings. The lowest BCUT2D eigenvalue weighted by molar-refractivity contribution is 0.0686. The van der Waals surface area contributed by atoms with Gasteiger partial charge in [0.1, 0.15) is 11.9 Å². The van der Waals surface area contributed by atoms with Crippen LogP contribution in [0.1, 0.15) is 56.5 Å². The van der Waals surface area contributed by atoms with E-state index in [4.69, 9.17) is 10.2 Å². The van der Waals surface area contributed by atoms with Gasteiger partial charge in [-0.3, -0.25) is 0 Å². The maximum atomic E-state index is 11.6. The molecule has 0 spiro atoms. The van der Waals surface area contributed by atoms with Gasteiger partial charge in [0.2, 0.25) is 0 Å². The monoisotopic (exact) mass is 376 g/mol. The fourth-order valence-electron chi connectivity index (χ4n) is 3.55. The molecule has 2 N–H and O–H groups in total. The van der Waals surface area contributed by atoms with Crippen LogP contribution in [0.4, 0.5) is 0 Å². The summed E-state index contributed by atoms with van der Waals surface area (Å²) in [5.74, 6) is 1.13. The van der Waals surface area contributed by atoms with Gasteiger partial charge in [0.15, 0.2) is 0 Å². The van der Waals surface area contributed by atoms with Gasteiger partial charge in [-0.1, -0.05) is 24.3 Å². The molecule has 0 aliphatic heterocycles. The first-order chi connectivity index (χ1) is 13.4. The fraction of sp³-hybridized carbons (Fsp3) is 0.182. The van der Waals surface area contributed by atoms with Crippen molar-refractivity contribution >= 4 is 23.8 Å². The molecule has 6 heteroatoms. The lowest BCUT2D eigenvalue weighted by Gasteiger charge is -2.30. The highest BCUT2D eigenvalue weighted by Gasteiger charge is 2.33. The second-order valence-electron chi connectivity index (χ2n) is 6.62. The number of hydrogen-bond donors (Lipinski definition) is 2. The molecule has 2 unspecified atom stereocenters. The smallest absolute Gasteiger partial charge is 0.335 e. The molecular weight excluding hydrogens is 360 g/mol. The van der Waals surface area contributed by atoms with Crippen LogP contribution in [0.2, 0.25) is 0 Å². The van der Waals surface area contributed by atoms with Gasteiger partial charge in [-0.05, 0) is 48.2 Å². The summed E-state index contributed by atoms with van der Waals surface area (Å²) in [4.78, 5) is 45.2. The first kappa shape index (κ1) is 19.1. The van der Waals surface area contributed by atoms with E-state index in [9.17, 15) is 19.2 Å². The lowest BCUT2D eigenvalue weighted by Crippen LogP contribution is -2.19. The predicted molar refractivity (Wildman–Crippen MR) is 99.9 cm³/mol. The van der Waals surface area contributed by atoms with Crippen molar-refractivity contribution in [1.82, 2.24) is 0 Å². The molecule has 1 aliphatic rings. The maximum absolute atomic E-state index is 11.6. The predicted octanol–water partition coefficient (Wildman–Crippen LogP) is 3.26. The first-order valence-corrected chi connectivity index (χ1v) is 8.58. The second-order valence-corrected chi connectivity index (χ2v) is 6.62. The summed E-state index contributed by atoms with van der Waals surface area (Å²) >= 11 is 0. The van der Waals surface area contributed by atoms with Gasteiger partial charge >= 0.3 is 11.9 Å². The molecule has 2 atom stereocenters. The van der Waals surface area contributed by atoms with Crippen LogP contribution >= 0.6 is 0 Å². The summed E-state index contributed by atoms with van der Waals surface area (Å²) in [6.45, 7) is 0.